The van der Waals surface area contributed by atoms with Crippen molar-refractivity contribution in [2.75, 3.05) is 6.61 Å². The highest BCUT2D eigenvalue weighted by Gasteiger charge is 2.19. The lowest BCUT2D eigenvalue weighted by Gasteiger charge is -2.13. The number of carboxylic acid groups (broad SMARTS) is 1. The second-order valence-corrected chi connectivity index (χ2v) is 5.02. The summed E-state index contributed by atoms with van der Waals surface area (Å²) in [7, 11) is 0. The van der Waals surface area contributed by atoms with Gasteiger partial charge < -0.3 is 15.2 Å². The van der Waals surface area contributed by atoms with Gasteiger partial charge in [0.15, 0.2) is 6.61 Å². The van der Waals surface area contributed by atoms with E-state index in [1.807, 2.05) is 0 Å². The van der Waals surface area contributed by atoms with Crippen molar-refractivity contribution in [3.05, 3.63) is 27.7 Å². The first-order valence-electron chi connectivity index (χ1n) is 5.47. The minimum atomic E-state index is -1.19. The van der Waals surface area contributed by atoms with E-state index >= 15 is 0 Å². The van der Waals surface area contributed by atoms with Crippen LogP contribution in [0.25, 0.3) is 0 Å². The molecule has 0 heterocycles. The van der Waals surface area contributed by atoms with Gasteiger partial charge in [-0.05, 0) is 34.1 Å². The molecule has 0 aliphatic carbocycles. The molecule has 5 nitrogen and oxygen atoms in total. The smallest absolute Gasteiger partial charge is 0.327 e. The number of carbonyl (C=O) groups is 2. The fourth-order valence-corrected chi connectivity index (χ4v) is 2.09. The van der Waals surface area contributed by atoms with Crippen molar-refractivity contribution in [2.24, 2.45) is 0 Å². The van der Waals surface area contributed by atoms with Crippen LogP contribution in [-0.4, -0.2) is 29.6 Å². The SMILES string of the molecule is C#CCC(NC(=O)COc1ccc(Cl)cc1Br)C(=O)O. The first-order valence-corrected chi connectivity index (χ1v) is 6.64. The molecule has 0 aliphatic heterocycles. The number of amides is 1. The number of nitrogens with one attached hydrogen (secondary N) is 1. The van der Waals surface area contributed by atoms with E-state index in [4.69, 9.17) is 27.9 Å². The Morgan fingerprint density at radius 3 is 2.80 bits per heavy atom. The summed E-state index contributed by atoms with van der Waals surface area (Å²) in [5.74, 6) is 0.844. The summed E-state index contributed by atoms with van der Waals surface area (Å²) in [6, 6.07) is 3.70. The zero-order valence-corrected chi connectivity index (χ0v) is 12.6. The second kappa shape index (κ2) is 7.78. The van der Waals surface area contributed by atoms with Crippen molar-refractivity contribution in [1.29, 1.82) is 0 Å². The summed E-state index contributed by atoms with van der Waals surface area (Å²) in [5.41, 5.74) is 0. The van der Waals surface area contributed by atoms with Crippen LogP contribution in [-0.2, 0) is 9.59 Å². The Bertz CT molecular complexity index is 556. The molecule has 0 spiro atoms. The third kappa shape index (κ3) is 5.11. The van der Waals surface area contributed by atoms with Gasteiger partial charge in [-0.3, -0.25) is 4.79 Å². The van der Waals surface area contributed by atoms with E-state index in [1.165, 1.54) is 0 Å². The molecule has 0 saturated carbocycles. The Morgan fingerprint density at radius 2 is 2.25 bits per heavy atom. The van der Waals surface area contributed by atoms with Crippen molar-refractivity contribution in [3.8, 4) is 18.1 Å². The topological polar surface area (TPSA) is 75.6 Å². The molecule has 0 aliphatic rings. The van der Waals surface area contributed by atoms with Gasteiger partial charge in [0.25, 0.3) is 5.91 Å². The number of rotatable bonds is 6. The number of benzene rings is 1. The predicted molar refractivity (Wildman–Crippen MR) is 77.7 cm³/mol. The molecule has 0 saturated heterocycles. The van der Waals surface area contributed by atoms with Gasteiger partial charge >= 0.3 is 5.97 Å². The van der Waals surface area contributed by atoms with E-state index in [2.05, 4.69) is 27.2 Å². The summed E-state index contributed by atoms with van der Waals surface area (Å²) in [6.07, 6.45) is 4.94. The largest absolute Gasteiger partial charge is 0.483 e. The first kappa shape index (κ1) is 16.3. The van der Waals surface area contributed by atoms with Gasteiger partial charge in [0.2, 0.25) is 0 Å². The summed E-state index contributed by atoms with van der Waals surface area (Å²) in [4.78, 5) is 22.4. The molecule has 20 heavy (non-hydrogen) atoms. The van der Waals surface area contributed by atoms with E-state index in [0.717, 1.165) is 0 Å². The number of ether oxygens (including phenoxy) is 1. The van der Waals surface area contributed by atoms with Gasteiger partial charge in [-0.2, -0.15) is 0 Å². The van der Waals surface area contributed by atoms with E-state index in [-0.39, 0.29) is 13.0 Å². The first-order chi connectivity index (χ1) is 9.43. The molecule has 1 amide bonds. The summed E-state index contributed by atoms with van der Waals surface area (Å²) in [5, 5.41) is 11.6. The average Bonchev–Trinajstić information content (AvgIpc) is 2.37. The monoisotopic (exact) mass is 359 g/mol. The van der Waals surface area contributed by atoms with Crippen molar-refractivity contribution in [2.45, 2.75) is 12.5 Å². The van der Waals surface area contributed by atoms with Gasteiger partial charge in [0.1, 0.15) is 11.8 Å². The van der Waals surface area contributed by atoms with Gasteiger partial charge in [0.05, 0.1) is 4.47 Å². The van der Waals surface area contributed by atoms with Crippen LogP contribution in [0, 0.1) is 12.3 Å². The minimum Gasteiger partial charge on any atom is -0.483 e. The molecule has 0 aromatic heterocycles. The number of halogens is 2. The average molecular weight is 361 g/mol. The van der Waals surface area contributed by atoms with Crippen LogP contribution in [0.3, 0.4) is 0 Å². The van der Waals surface area contributed by atoms with Gasteiger partial charge in [-0.25, -0.2) is 4.79 Å². The van der Waals surface area contributed by atoms with E-state index in [0.29, 0.717) is 15.2 Å². The third-order valence-electron chi connectivity index (χ3n) is 2.21. The molecule has 0 radical (unpaired) electrons. The number of aliphatic carboxylic acids is 1. The summed E-state index contributed by atoms with van der Waals surface area (Å²) >= 11 is 9.00. The standard InChI is InChI=1S/C13H11BrClNO4/c1-2-3-10(13(18)19)16-12(17)7-20-11-5-4-8(15)6-9(11)14/h1,4-6,10H,3,7H2,(H,16,17)(H,18,19). The molecule has 106 valence electrons. The lowest BCUT2D eigenvalue weighted by atomic mass is 10.2. The van der Waals surface area contributed by atoms with Crippen LogP contribution in [0.2, 0.25) is 5.02 Å². The van der Waals surface area contributed by atoms with E-state index in [9.17, 15) is 9.59 Å². The molecule has 1 unspecified atom stereocenters. The number of terminal acetylenes is 1. The Hall–Kier alpha value is -1.71. The fraction of sp³-hybridized carbons (Fsp3) is 0.231. The fourth-order valence-electron chi connectivity index (χ4n) is 1.29. The van der Waals surface area contributed by atoms with Gasteiger partial charge in [-0.1, -0.05) is 11.6 Å². The molecular weight excluding hydrogens is 350 g/mol. The molecule has 0 fully saturated rings. The van der Waals surface area contributed by atoms with Crippen LogP contribution in [0.4, 0.5) is 0 Å². The van der Waals surface area contributed by atoms with Crippen molar-refractivity contribution < 1.29 is 19.4 Å². The molecule has 1 rings (SSSR count). The van der Waals surface area contributed by atoms with E-state index in [1.54, 1.807) is 18.2 Å². The quantitative estimate of drug-likeness (QED) is 0.762. The van der Waals surface area contributed by atoms with Crippen LogP contribution in [0.15, 0.2) is 22.7 Å². The van der Waals surface area contributed by atoms with Crippen molar-refractivity contribution in [1.82, 2.24) is 5.32 Å². The Labute approximate surface area is 129 Å². The number of hydrogen-bond acceptors (Lipinski definition) is 3. The maximum atomic E-state index is 11.6. The maximum Gasteiger partial charge on any atom is 0.327 e. The van der Waals surface area contributed by atoms with Gasteiger partial charge in [0, 0.05) is 11.4 Å². The Morgan fingerprint density at radius 1 is 1.55 bits per heavy atom. The second-order valence-electron chi connectivity index (χ2n) is 3.73. The number of carboxylic acids is 1. The number of hydrogen-bond donors (Lipinski definition) is 2. The zero-order valence-electron chi connectivity index (χ0n) is 10.2. The molecule has 2 N–H and O–H groups in total. The molecular formula is C13H11BrClNO4. The highest BCUT2D eigenvalue weighted by atomic mass is 79.9. The molecule has 0 bridgehead atoms. The maximum absolute atomic E-state index is 11.6. The lowest BCUT2D eigenvalue weighted by Crippen LogP contribution is -2.42. The third-order valence-corrected chi connectivity index (χ3v) is 3.06. The van der Waals surface area contributed by atoms with Crippen LogP contribution in [0.5, 0.6) is 5.75 Å². The van der Waals surface area contributed by atoms with E-state index < -0.39 is 17.9 Å². The highest BCUT2D eigenvalue weighted by molar-refractivity contribution is 9.10. The van der Waals surface area contributed by atoms with Crippen LogP contribution >= 0.6 is 27.5 Å². The lowest BCUT2D eigenvalue weighted by molar-refractivity contribution is -0.141. The summed E-state index contributed by atoms with van der Waals surface area (Å²) in [6.45, 7) is -0.325. The Balaban J connectivity index is 2.55. The molecule has 1 aromatic carbocycles. The highest BCUT2D eigenvalue weighted by Crippen LogP contribution is 2.27. The van der Waals surface area contributed by atoms with Crippen molar-refractivity contribution >= 4 is 39.4 Å². The van der Waals surface area contributed by atoms with Crippen LogP contribution in [0.1, 0.15) is 6.42 Å². The van der Waals surface area contributed by atoms with Crippen LogP contribution < -0.4 is 10.1 Å². The predicted octanol–water partition coefficient (Wildman–Crippen LogP) is 2.07. The molecule has 1 aromatic rings. The Kier molecular flexibility index (Phi) is 6.36. The zero-order chi connectivity index (χ0) is 15.1. The van der Waals surface area contributed by atoms with Gasteiger partial charge in [-0.15, -0.1) is 12.3 Å². The normalized spacial score (nSPS) is 11.2. The minimum absolute atomic E-state index is 0.0916. The van der Waals surface area contributed by atoms with Crippen molar-refractivity contribution in [3.63, 3.8) is 0 Å². The molecule has 1 atom stereocenters. The molecule has 7 heteroatoms. The number of carbonyl (C=O) groups excluding carboxylic acids is 1. The summed E-state index contributed by atoms with van der Waals surface area (Å²) < 4.78 is 5.84.